The minimum atomic E-state index is 0.652. The van der Waals surface area contributed by atoms with Crippen molar-refractivity contribution in [2.75, 3.05) is 0 Å². The monoisotopic (exact) mass is 446 g/mol. The minimum Gasteiger partial charge on any atom is -0.0843 e. The van der Waals surface area contributed by atoms with Crippen molar-refractivity contribution in [3.05, 3.63) is 129 Å². The van der Waals surface area contributed by atoms with Crippen LogP contribution in [-0.2, 0) is 0 Å². The lowest BCUT2D eigenvalue weighted by Gasteiger charge is -2.12. The Morgan fingerprint density at radius 3 is 1.75 bits per heavy atom. The summed E-state index contributed by atoms with van der Waals surface area (Å²) in [5.74, 6) is 13.3. The summed E-state index contributed by atoms with van der Waals surface area (Å²) < 4.78 is 0. The predicted molar refractivity (Wildman–Crippen MR) is 136 cm³/mol. The van der Waals surface area contributed by atoms with Crippen LogP contribution in [0.2, 0.25) is 10.0 Å². The molecular weight excluding hydrogens is 431 g/mol. The largest absolute Gasteiger partial charge is 0.0843 e. The van der Waals surface area contributed by atoms with Gasteiger partial charge in [0.15, 0.2) is 0 Å². The van der Waals surface area contributed by atoms with E-state index in [-0.39, 0.29) is 0 Å². The normalized spacial score (nSPS) is 10.3. The summed E-state index contributed by atoms with van der Waals surface area (Å²) in [6.45, 7) is 0. The molecule has 2 heteroatoms. The van der Waals surface area contributed by atoms with Gasteiger partial charge in [0.2, 0.25) is 0 Å². The number of benzene rings is 5. The van der Waals surface area contributed by atoms with Crippen LogP contribution in [0.1, 0.15) is 22.3 Å². The Hall–Kier alpha value is -3.68. The number of hydrogen-bond donors (Lipinski definition) is 0. The van der Waals surface area contributed by atoms with Crippen LogP contribution >= 0.6 is 23.2 Å². The molecule has 0 spiro atoms. The van der Waals surface area contributed by atoms with Gasteiger partial charge in [0.1, 0.15) is 0 Å². The summed E-state index contributed by atoms with van der Waals surface area (Å²) in [4.78, 5) is 0. The van der Waals surface area contributed by atoms with Crippen molar-refractivity contribution in [3.8, 4) is 23.7 Å². The standard InChI is InChI=1S/C30H16Cl2/c31-23-16-19-25-27(18-15-22-10-5-2-6-11-22)30-26(12-7-13-29(30)32)24(28(25)20-23)17-14-21-8-3-1-4-9-21/h1-13,16,19-20H. The van der Waals surface area contributed by atoms with Gasteiger partial charge in [0.05, 0.1) is 0 Å². The zero-order chi connectivity index (χ0) is 21.9. The molecule has 5 aromatic carbocycles. The van der Waals surface area contributed by atoms with Crippen molar-refractivity contribution in [2.24, 2.45) is 0 Å². The SMILES string of the molecule is Clc1ccc2c(C#Cc3ccccc3)c3c(Cl)cccc3c(C#Cc3ccccc3)c2c1. The van der Waals surface area contributed by atoms with Gasteiger partial charge in [0, 0.05) is 48.5 Å². The van der Waals surface area contributed by atoms with E-state index in [1.165, 1.54) is 0 Å². The molecule has 0 aliphatic rings. The molecule has 0 atom stereocenters. The van der Waals surface area contributed by atoms with Crippen LogP contribution in [0.3, 0.4) is 0 Å². The lowest BCUT2D eigenvalue weighted by molar-refractivity contribution is 1.64. The molecule has 5 rings (SSSR count). The highest BCUT2D eigenvalue weighted by Gasteiger charge is 2.14. The van der Waals surface area contributed by atoms with E-state index in [4.69, 9.17) is 23.2 Å². The third kappa shape index (κ3) is 3.95. The first kappa shape index (κ1) is 20.2. The van der Waals surface area contributed by atoms with Gasteiger partial charge in [-0.25, -0.2) is 0 Å². The fourth-order valence-electron chi connectivity index (χ4n) is 3.78. The van der Waals surface area contributed by atoms with E-state index in [9.17, 15) is 0 Å². The Labute approximate surface area is 197 Å². The number of rotatable bonds is 0. The van der Waals surface area contributed by atoms with Crippen molar-refractivity contribution in [1.29, 1.82) is 0 Å². The highest BCUT2D eigenvalue weighted by molar-refractivity contribution is 6.37. The maximum absolute atomic E-state index is 6.72. The second-order valence-electron chi connectivity index (χ2n) is 7.33. The van der Waals surface area contributed by atoms with Crippen LogP contribution < -0.4 is 0 Å². The van der Waals surface area contributed by atoms with E-state index >= 15 is 0 Å². The first-order chi connectivity index (χ1) is 15.7. The van der Waals surface area contributed by atoms with Gasteiger partial charge < -0.3 is 0 Å². The molecule has 0 saturated carbocycles. The van der Waals surface area contributed by atoms with Crippen molar-refractivity contribution in [2.45, 2.75) is 0 Å². The first-order valence-corrected chi connectivity index (χ1v) is 10.9. The third-order valence-electron chi connectivity index (χ3n) is 5.26. The summed E-state index contributed by atoms with van der Waals surface area (Å²) in [6.07, 6.45) is 0. The molecule has 0 N–H and O–H groups in total. The van der Waals surface area contributed by atoms with Crippen LogP contribution in [-0.4, -0.2) is 0 Å². The fourth-order valence-corrected chi connectivity index (χ4v) is 4.23. The van der Waals surface area contributed by atoms with Gasteiger partial charge in [-0.2, -0.15) is 0 Å². The molecule has 0 fully saturated rings. The molecule has 0 unspecified atom stereocenters. The summed E-state index contributed by atoms with van der Waals surface area (Å²) in [5, 5.41) is 5.13. The van der Waals surface area contributed by atoms with E-state index in [0.717, 1.165) is 43.8 Å². The molecule has 0 nitrogen and oxygen atoms in total. The number of halogens is 2. The predicted octanol–water partition coefficient (Wildman–Crippen LogP) is 8.10. The van der Waals surface area contributed by atoms with Crippen LogP contribution in [0.15, 0.2) is 97.1 Å². The highest BCUT2D eigenvalue weighted by atomic mass is 35.5. The van der Waals surface area contributed by atoms with E-state index in [1.807, 2.05) is 97.1 Å². The van der Waals surface area contributed by atoms with Crippen LogP contribution in [0.25, 0.3) is 21.5 Å². The molecule has 150 valence electrons. The summed E-state index contributed by atoms with van der Waals surface area (Å²) >= 11 is 13.1. The Kier molecular flexibility index (Phi) is 5.58. The van der Waals surface area contributed by atoms with Crippen LogP contribution in [0.5, 0.6) is 0 Å². The average molecular weight is 447 g/mol. The molecule has 0 radical (unpaired) electrons. The quantitative estimate of drug-likeness (QED) is 0.166. The molecule has 0 heterocycles. The van der Waals surface area contributed by atoms with E-state index in [0.29, 0.717) is 10.0 Å². The Morgan fingerprint density at radius 2 is 1.09 bits per heavy atom. The van der Waals surface area contributed by atoms with E-state index < -0.39 is 0 Å². The first-order valence-electron chi connectivity index (χ1n) is 10.2. The van der Waals surface area contributed by atoms with Crippen molar-refractivity contribution in [1.82, 2.24) is 0 Å². The average Bonchev–Trinajstić information content (AvgIpc) is 2.83. The molecule has 0 aliphatic heterocycles. The Bertz CT molecular complexity index is 1570. The van der Waals surface area contributed by atoms with Gasteiger partial charge in [-0.05, 0) is 47.9 Å². The Balaban J connectivity index is 1.86. The number of fused-ring (bicyclic) bond motifs is 2. The van der Waals surface area contributed by atoms with Crippen molar-refractivity contribution >= 4 is 44.7 Å². The van der Waals surface area contributed by atoms with Crippen molar-refractivity contribution in [3.63, 3.8) is 0 Å². The molecule has 32 heavy (non-hydrogen) atoms. The fraction of sp³-hybridized carbons (Fsp3) is 0. The highest BCUT2D eigenvalue weighted by Crippen LogP contribution is 2.37. The van der Waals surface area contributed by atoms with Crippen LogP contribution in [0.4, 0.5) is 0 Å². The molecule has 5 aromatic rings. The zero-order valence-corrected chi connectivity index (χ0v) is 18.5. The van der Waals surface area contributed by atoms with Gasteiger partial charge in [0.25, 0.3) is 0 Å². The maximum Gasteiger partial charge on any atom is 0.0497 e. The molecule has 0 amide bonds. The molecule has 0 aliphatic carbocycles. The lowest BCUT2D eigenvalue weighted by Crippen LogP contribution is -1.92. The van der Waals surface area contributed by atoms with Gasteiger partial charge in [-0.1, -0.05) is 101 Å². The molecule has 0 saturated heterocycles. The maximum atomic E-state index is 6.72. The Morgan fingerprint density at radius 1 is 0.469 bits per heavy atom. The van der Waals surface area contributed by atoms with Gasteiger partial charge in [-0.15, -0.1) is 0 Å². The summed E-state index contributed by atoms with van der Waals surface area (Å²) in [6, 6.07) is 31.6. The van der Waals surface area contributed by atoms with Gasteiger partial charge >= 0.3 is 0 Å². The second-order valence-corrected chi connectivity index (χ2v) is 8.18. The van der Waals surface area contributed by atoms with Crippen molar-refractivity contribution < 1.29 is 0 Å². The second kappa shape index (κ2) is 8.82. The topological polar surface area (TPSA) is 0 Å². The molecular formula is C30H16Cl2. The third-order valence-corrected chi connectivity index (χ3v) is 5.81. The summed E-state index contributed by atoms with van der Waals surface area (Å²) in [5.41, 5.74) is 3.68. The molecule has 0 bridgehead atoms. The lowest BCUT2D eigenvalue weighted by atomic mass is 9.91. The zero-order valence-electron chi connectivity index (χ0n) is 17.0. The number of hydrogen-bond acceptors (Lipinski definition) is 0. The molecule has 0 aromatic heterocycles. The van der Waals surface area contributed by atoms with E-state index in [2.05, 4.69) is 23.7 Å². The van der Waals surface area contributed by atoms with Crippen LogP contribution in [0, 0.1) is 23.7 Å². The summed E-state index contributed by atoms with van der Waals surface area (Å²) in [7, 11) is 0. The van der Waals surface area contributed by atoms with Gasteiger partial charge in [-0.3, -0.25) is 0 Å². The minimum absolute atomic E-state index is 0.652. The smallest absolute Gasteiger partial charge is 0.0497 e. The van der Waals surface area contributed by atoms with E-state index in [1.54, 1.807) is 0 Å².